The molecule has 2 unspecified atom stereocenters. The molecule has 0 aromatic heterocycles. The summed E-state index contributed by atoms with van der Waals surface area (Å²) in [5.74, 6) is 0. The largest absolute Gasteiger partial charge is 0.383 e. The minimum atomic E-state index is 0.536. The predicted octanol–water partition coefficient (Wildman–Crippen LogP) is 4.71. The molecule has 6 N–H and O–H groups in total. The van der Waals surface area contributed by atoms with E-state index in [1.807, 2.05) is 24.3 Å². The van der Waals surface area contributed by atoms with Crippen molar-refractivity contribution in [2.45, 2.75) is 65.7 Å². The van der Waals surface area contributed by atoms with E-state index in [1.165, 1.54) is 11.4 Å². The lowest BCUT2D eigenvalue weighted by molar-refractivity contribution is 0.761. The molecule has 2 aromatic carbocycles. The fourth-order valence-corrected chi connectivity index (χ4v) is 2.32. The normalized spacial score (nSPS) is 12.5. The molecule has 0 aliphatic heterocycles. The summed E-state index contributed by atoms with van der Waals surface area (Å²) < 4.78 is 0. The molecule has 2 aromatic rings. The number of benzene rings is 2. The molecule has 0 aliphatic carbocycles. The molecule has 0 saturated carbocycles. The van der Waals surface area contributed by atoms with Crippen molar-refractivity contribution in [2.75, 3.05) is 10.6 Å². The van der Waals surface area contributed by atoms with Gasteiger partial charge in [-0.15, -0.1) is 0 Å². The highest BCUT2D eigenvalue weighted by molar-refractivity contribution is 5.54. The van der Waals surface area contributed by atoms with E-state index in [9.17, 15) is 0 Å². The molecule has 0 saturated heterocycles. The van der Waals surface area contributed by atoms with Gasteiger partial charge in [-0.05, 0) is 62.1 Å². The van der Waals surface area contributed by atoms with Crippen LogP contribution in [0.1, 0.15) is 51.7 Å². The standard InChI is InChI=1S/C14H24N2.C8H12N2/c1-5-11(3)15-13-7-9-14(10-8-13)16-12(4)6-2;9-5-7-2-1-3-8(4-7)6-10/h7-12,15-16H,5-6H2,1-4H3;1-4H,5-6,9-10H2. The smallest absolute Gasteiger partial charge is 0.0343 e. The molecule has 0 aliphatic rings. The minimum absolute atomic E-state index is 0.536. The number of hydrogen-bond acceptors (Lipinski definition) is 4. The van der Waals surface area contributed by atoms with Crippen LogP contribution < -0.4 is 22.1 Å². The molecule has 4 nitrogen and oxygen atoms in total. The van der Waals surface area contributed by atoms with Gasteiger partial charge in [0, 0.05) is 36.5 Å². The lowest BCUT2D eigenvalue weighted by Gasteiger charge is -2.15. The Morgan fingerprint density at radius 2 is 1.12 bits per heavy atom. The third kappa shape index (κ3) is 8.37. The monoisotopic (exact) mass is 356 g/mol. The molecule has 4 heteroatoms. The average molecular weight is 357 g/mol. The Morgan fingerprint density at radius 3 is 1.42 bits per heavy atom. The van der Waals surface area contributed by atoms with Gasteiger partial charge in [0.1, 0.15) is 0 Å². The summed E-state index contributed by atoms with van der Waals surface area (Å²) in [7, 11) is 0. The first-order chi connectivity index (χ1) is 12.5. The van der Waals surface area contributed by atoms with Gasteiger partial charge in [0.2, 0.25) is 0 Å². The van der Waals surface area contributed by atoms with E-state index in [4.69, 9.17) is 11.5 Å². The molecular weight excluding hydrogens is 320 g/mol. The van der Waals surface area contributed by atoms with Crippen LogP contribution in [-0.2, 0) is 13.1 Å². The molecule has 0 amide bonds. The van der Waals surface area contributed by atoms with Crippen molar-refractivity contribution in [3.8, 4) is 0 Å². The van der Waals surface area contributed by atoms with Gasteiger partial charge in [-0.25, -0.2) is 0 Å². The van der Waals surface area contributed by atoms with Crippen molar-refractivity contribution in [2.24, 2.45) is 11.5 Å². The summed E-state index contributed by atoms with van der Waals surface area (Å²) in [5, 5.41) is 6.92. The van der Waals surface area contributed by atoms with Crippen LogP contribution in [0.15, 0.2) is 48.5 Å². The zero-order valence-electron chi connectivity index (χ0n) is 16.8. The highest BCUT2D eigenvalue weighted by Gasteiger charge is 2.00. The Balaban J connectivity index is 0.000000289. The zero-order valence-corrected chi connectivity index (χ0v) is 16.8. The summed E-state index contributed by atoms with van der Waals surface area (Å²) in [5.41, 5.74) is 15.5. The first-order valence-corrected chi connectivity index (χ1v) is 9.63. The average Bonchev–Trinajstić information content (AvgIpc) is 2.69. The summed E-state index contributed by atoms with van der Waals surface area (Å²) in [6.45, 7) is 9.96. The number of hydrogen-bond donors (Lipinski definition) is 4. The maximum absolute atomic E-state index is 5.43. The molecule has 0 radical (unpaired) electrons. The van der Waals surface area contributed by atoms with E-state index in [1.54, 1.807) is 0 Å². The van der Waals surface area contributed by atoms with Crippen LogP contribution in [0.4, 0.5) is 11.4 Å². The first-order valence-electron chi connectivity index (χ1n) is 9.63. The Kier molecular flexibility index (Phi) is 10.4. The van der Waals surface area contributed by atoms with Gasteiger partial charge in [-0.3, -0.25) is 0 Å². The van der Waals surface area contributed by atoms with Crippen LogP contribution in [0.25, 0.3) is 0 Å². The SMILES string of the molecule is CCC(C)Nc1ccc(NC(C)CC)cc1.NCc1cccc(CN)c1. The molecule has 0 heterocycles. The topological polar surface area (TPSA) is 76.1 Å². The van der Waals surface area contributed by atoms with Gasteiger partial charge in [0.25, 0.3) is 0 Å². The third-order valence-electron chi connectivity index (χ3n) is 4.40. The van der Waals surface area contributed by atoms with Gasteiger partial charge in [0.05, 0.1) is 0 Å². The highest BCUT2D eigenvalue weighted by atomic mass is 14.9. The van der Waals surface area contributed by atoms with E-state index < -0.39 is 0 Å². The quantitative estimate of drug-likeness (QED) is 0.552. The van der Waals surface area contributed by atoms with Crippen molar-refractivity contribution in [1.82, 2.24) is 0 Å². The number of rotatable bonds is 8. The van der Waals surface area contributed by atoms with Crippen molar-refractivity contribution in [3.63, 3.8) is 0 Å². The molecule has 0 spiro atoms. The maximum atomic E-state index is 5.43. The van der Waals surface area contributed by atoms with Gasteiger partial charge in [-0.2, -0.15) is 0 Å². The van der Waals surface area contributed by atoms with Crippen LogP contribution in [0.2, 0.25) is 0 Å². The molecule has 2 rings (SSSR count). The van der Waals surface area contributed by atoms with E-state index in [-0.39, 0.29) is 0 Å². The fourth-order valence-electron chi connectivity index (χ4n) is 2.32. The Labute approximate surface area is 159 Å². The Bertz CT molecular complexity index is 560. The van der Waals surface area contributed by atoms with Crippen LogP contribution >= 0.6 is 0 Å². The van der Waals surface area contributed by atoms with Crippen LogP contribution in [0.5, 0.6) is 0 Å². The van der Waals surface area contributed by atoms with Crippen molar-refractivity contribution in [3.05, 3.63) is 59.7 Å². The van der Waals surface area contributed by atoms with E-state index in [0.29, 0.717) is 25.2 Å². The number of anilines is 2. The summed E-state index contributed by atoms with van der Waals surface area (Å²) in [6.07, 6.45) is 2.29. The molecular formula is C22H36N4. The Hall–Kier alpha value is -2.04. The number of nitrogens with two attached hydrogens (primary N) is 2. The van der Waals surface area contributed by atoms with Crippen LogP contribution in [0.3, 0.4) is 0 Å². The molecule has 0 fully saturated rings. The lowest BCUT2D eigenvalue weighted by atomic mass is 10.1. The van der Waals surface area contributed by atoms with E-state index in [0.717, 1.165) is 24.0 Å². The molecule has 2 atom stereocenters. The van der Waals surface area contributed by atoms with Gasteiger partial charge >= 0.3 is 0 Å². The van der Waals surface area contributed by atoms with Gasteiger partial charge < -0.3 is 22.1 Å². The summed E-state index contributed by atoms with van der Waals surface area (Å²) >= 11 is 0. The Morgan fingerprint density at radius 1 is 0.731 bits per heavy atom. The molecule has 0 bridgehead atoms. The highest BCUT2D eigenvalue weighted by Crippen LogP contribution is 2.16. The zero-order chi connectivity index (χ0) is 19.4. The van der Waals surface area contributed by atoms with Crippen molar-refractivity contribution < 1.29 is 0 Å². The van der Waals surface area contributed by atoms with E-state index in [2.05, 4.69) is 62.6 Å². The second-order valence-corrected chi connectivity index (χ2v) is 6.71. The first kappa shape index (κ1) is 22.0. The van der Waals surface area contributed by atoms with Crippen LogP contribution in [-0.4, -0.2) is 12.1 Å². The van der Waals surface area contributed by atoms with Gasteiger partial charge in [0.15, 0.2) is 0 Å². The van der Waals surface area contributed by atoms with Crippen LogP contribution in [0, 0.1) is 0 Å². The number of nitrogens with one attached hydrogen (secondary N) is 2. The fraction of sp³-hybridized carbons (Fsp3) is 0.455. The van der Waals surface area contributed by atoms with Gasteiger partial charge in [-0.1, -0.05) is 38.1 Å². The minimum Gasteiger partial charge on any atom is -0.383 e. The van der Waals surface area contributed by atoms with Crippen molar-refractivity contribution >= 4 is 11.4 Å². The molecule has 144 valence electrons. The summed E-state index contributed by atoms with van der Waals surface area (Å²) in [6, 6.07) is 17.6. The maximum Gasteiger partial charge on any atom is 0.0343 e. The molecule has 26 heavy (non-hydrogen) atoms. The van der Waals surface area contributed by atoms with Crippen molar-refractivity contribution in [1.29, 1.82) is 0 Å². The second-order valence-electron chi connectivity index (χ2n) is 6.71. The van der Waals surface area contributed by atoms with E-state index >= 15 is 0 Å². The third-order valence-corrected chi connectivity index (χ3v) is 4.40. The second kappa shape index (κ2) is 12.3. The summed E-state index contributed by atoms with van der Waals surface area (Å²) in [4.78, 5) is 0. The predicted molar refractivity (Wildman–Crippen MR) is 115 cm³/mol. The lowest BCUT2D eigenvalue weighted by Crippen LogP contribution is -2.14.